The maximum atomic E-state index is 5.36. The molecular formula is C12H13B. The van der Waals surface area contributed by atoms with Gasteiger partial charge in [-0.3, -0.25) is 0 Å². The largest absolute Gasteiger partial charge is 0.129 e. The molecule has 0 aliphatic rings. The molecule has 0 N–H and O–H groups in total. The van der Waals surface area contributed by atoms with Gasteiger partial charge in [0.05, 0.1) is 0 Å². The van der Waals surface area contributed by atoms with E-state index in [-0.39, 0.29) is 0 Å². The van der Waals surface area contributed by atoms with E-state index < -0.39 is 0 Å². The van der Waals surface area contributed by atoms with Crippen LogP contribution in [0.5, 0.6) is 0 Å². The Morgan fingerprint density at radius 3 is 2.62 bits per heavy atom. The molecule has 1 aromatic carbocycles. The Labute approximate surface area is 81.4 Å². The molecule has 0 amide bonds. The van der Waals surface area contributed by atoms with Crippen LogP contribution in [0.3, 0.4) is 0 Å². The van der Waals surface area contributed by atoms with E-state index >= 15 is 0 Å². The van der Waals surface area contributed by atoms with Crippen LogP contribution in [0.15, 0.2) is 41.9 Å². The van der Waals surface area contributed by atoms with E-state index in [1.807, 2.05) is 25.1 Å². The first-order valence-corrected chi connectivity index (χ1v) is 4.36. The van der Waals surface area contributed by atoms with Crippen molar-refractivity contribution in [3.63, 3.8) is 0 Å². The summed E-state index contributed by atoms with van der Waals surface area (Å²) >= 11 is 0. The number of rotatable bonds is 2. The van der Waals surface area contributed by atoms with Crippen molar-refractivity contribution in [2.24, 2.45) is 0 Å². The number of hydrogen-bond acceptors (Lipinski definition) is 0. The van der Waals surface area contributed by atoms with Crippen molar-refractivity contribution in [1.29, 1.82) is 0 Å². The number of allylic oxidation sites excluding steroid dienone is 2. The summed E-state index contributed by atoms with van der Waals surface area (Å²) in [5.74, 6) is 1.61. The van der Waals surface area contributed by atoms with E-state index in [9.17, 15) is 0 Å². The molecular weight excluding hydrogens is 155 g/mol. The van der Waals surface area contributed by atoms with E-state index in [2.05, 4.69) is 25.1 Å². The highest BCUT2D eigenvalue weighted by Gasteiger charge is 1.89. The summed E-state index contributed by atoms with van der Waals surface area (Å²) in [5, 5.41) is 0. The van der Waals surface area contributed by atoms with Gasteiger partial charge in [-0.25, -0.2) is 0 Å². The first kappa shape index (κ1) is 9.85. The highest BCUT2D eigenvalue weighted by atomic mass is 13.9. The van der Waals surface area contributed by atoms with Crippen molar-refractivity contribution in [2.45, 2.75) is 13.8 Å². The number of aryl methyl sites for hydroxylation is 1. The molecule has 0 saturated heterocycles. The molecule has 2 radical (unpaired) electrons. The van der Waals surface area contributed by atoms with Gasteiger partial charge in [0.2, 0.25) is 0 Å². The predicted molar refractivity (Wildman–Crippen MR) is 59.7 cm³/mol. The Morgan fingerprint density at radius 1 is 1.31 bits per heavy atom. The molecule has 0 bridgehead atoms. The van der Waals surface area contributed by atoms with Gasteiger partial charge in [0.25, 0.3) is 0 Å². The van der Waals surface area contributed by atoms with E-state index in [4.69, 9.17) is 7.85 Å². The first-order chi connectivity index (χ1) is 6.24. The predicted octanol–water partition coefficient (Wildman–Crippen LogP) is 3.08. The molecule has 1 aromatic rings. The fourth-order valence-electron chi connectivity index (χ4n) is 1.05. The fraction of sp³-hybridized carbons (Fsp3) is 0.167. The summed E-state index contributed by atoms with van der Waals surface area (Å²) < 4.78 is 0. The van der Waals surface area contributed by atoms with Crippen LogP contribution in [0, 0.1) is 6.92 Å². The lowest BCUT2D eigenvalue weighted by Gasteiger charge is -1.98. The lowest BCUT2D eigenvalue weighted by molar-refractivity contribution is 1.44. The van der Waals surface area contributed by atoms with Crippen LogP contribution in [0.1, 0.15) is 18.1 Å². The SMILES string of the molecule is [B]C=C(C)C=Cc1ccccc1C. The summed E-state index contributed by atoms with van der Waals surface area (Å²) in [6, 6.07) is 8.27. The van der Waals surface area contributed by atoms with Crippen molar-refractivity contribution in [1.82, 2.24) is 0 Å². The van der Waals surface area contributed by atoms with Crippen molar-refractivity contribution in [2.75, 3.05) is 0 Å². The monoisotopic (exact) mass is 168 g/mol. The van der Waals surface area contributed by atoms with E-state index in [0.717, 1.165) is 5.57 Å². The van der Waals surface area contributed by atoms with Crippen molar-refractivity contribution < 1.29 is 0 Å². The quantitative estimate of drug-likeness (QED) is 0.470. The number of hydrogen-bond donors (Lipinski definition) is 0. The van der Waals surface area contributed by atoms with Crippen molar-refractivity contribution in [3.05, 3.63) is 53.0 Å². The van der Waals surface area contributed by atoms with Gasteiger partial charge < -0.3 is 0 Å². The van der Waals surface area contributed by atoms with Crippen LogP contribution in [-0.2, 0) is 0 Å². The van der Waals surface area contributed by atoms with Gasteiger partial charge in [0.1, 0.15) is 7.85 Å². The maximum Gasteiger partial charge on any atom is 0.103 e. The molecule has 0 aliphatic heterocycles. The Hall–Kier alpha value is -1.24. The molecule has 0 aliphatic carbocycles. The third kappa shape index (κ3) is 2.94. The molecule has 13 heavy (non-hydrogen) atoms. The maximum absolute atomic E-state index is 5.36. The molecule has 1 rings (SSSR count). The Kier molecular flexibility index (Phi) is 3.57. The van der Waals surface area contributed by atoms with E-state index in [0.29, 0.717) is 0 Å². The summed E-state index contributed by atoms with van der Waals surface area (Å²) in [7, 11) is 5.36. The van der Waals surface area contributed by atoms with Crippen LogP contribution < -0.4 is 0 Å². The van der Waals surface area contributed by atoms with Crippen LogP contribution in [-0.4, -0.2) is 7.85 Å². The molecule has 0 atom stereocenters. The van der Waals surface area contributed by atoms with Gasteiger partial charge in [-0.1, -0.05) is 42.0 Å². The van der Waals surface area contributed by atoms with Crippen LogP contribution >= 0.6 is 0 Å². The van der Waals surface area contributed by atoms with Gasteiger partial charge >= 0.3 is 0 Å². The van der Waals surface area contributed by atoms with Gasteiger partial charge in [-0.15, -0.1) is 5.98 Å². The number of benzene rings is 1. The van der Waals surface area contributed by atoms with Crippen molar-refractivity contribution in [3.8, 4) is 0 Å². The lowest BCUT2D eigenvalue weighted by Crippen LogP contribution is -1.78. The topological polar surface area (TPSA) is 0 Å². The van der Waals surface area contributed by atoms with Crippen LogP contribution in [0.2, 0.25) is 0 Å². The second-order valence-electron chi connectivity index (χ2n) is 3.10. The zero-order valence-electron chi connectivity index (χ0n) is 8.12. The highest BCUT2D eigenvalue weighted by molar-refractivity contribution is 6.17. The standard InChI is InChI=1S/C12H13B/c1-10(9-13)7-8-12-6-4-3-5-11(12)2/h3-9H,1-2H3. The summed E-state index contributed by atoms with van der Waals surface area (Å²) in [5.41, 5.74) is 3.59. The van der Waals surface area contributed by atoms with E-state index in [1.165, 1.54) is 11.1 Å². The third-order valence-electron chi connectivity index (χ3n) is 1.98. The minimum Gasteiger partial charge on any atom is -0.129 e. The minimum atomic E-state index is 1.07. The van der Waals surface area contributed by atoms with E-state index in [1.54, 1.807) is 5.98 Å². The van der Waals surface area contributed by atoms with Crippen molar-refractivity contribution >= 4 is 13.9 Å². The Morgan fingerprint density at radius 2 is 2.00 bits per heavy atom. The highest BCUT2D eigenvalue weighted by Crippen LogP contribution is 2.10. The van der Waals surface area contributed by atoms with Gasteiger partial charge in [-0.05, 0) is 25.0 Å². The zero-order valence-corrected chi connectivity index (χ0v) is 8.12. The summed E-state index contributed by atoms with van der Waals surface area (Å²) in [6.07, 6.45) is 4.09. The van der Waals surface area contributed by atoms with Crippen LogP contribution in [0.4, 0.5) is 0 Å². The Bertz CT molecular complexity index is 335. The lowest BCUT2D eigenvalue weighted by atomic mass is 10.0. The average molecular weight is 168 g/mol. The molecule has 0 unspecified atom stereocenters. The summed E-state index contributed by atoms with van der Waals surface area (Å²) in [4.78, 5) is 0. The summed E-state index contributed by atoms with van der Waals surface area (Å²) in [6.45, 7) is 4.08. The molecule has 0 spiro atoms. The zero-order chi connectivity index (χ0) is 9.68. The third-order valence-corrected chi connectivity index (χ3v) is 1.98. The smallest absolute Gasteiger partial charge is 0.103 e. The molecule has 0 fully saturated rings. The average Bonchev–Trinajstić information content (AvgIpc) is 2.16. The first-order valence-electron chi connectivity index (χ1n) is 4.36. The molecule has 64 valence electrons. The second kappa shape index (κ2) is 4.71. The molecule has 0 nitrogen and oxygen atoms in total. The molecule has 0 heterocycles. The molecule has 1 heteroatoms. The molecule has 0 saturated carbocycles. The minimum absolute atomic E-state index is 1.07. The molecule has 0 aromatic heterocycles. The second-order valence-corrected chi connectivity index (χ2v) is 3.10. The fourth-order valence-corrected chi connectivity index (χ4v) is 1.05. The van der Waals surface area contributed by atoms with Gasteiger partial charge in [0.15, 0.2) is 0 Å². The Balaban J connectivity index is 2.86. The normalized spacial score (nSPS) is 12.3. The van der Waals surface area contributed by atoms with Crippen LogP contribution in [0.25, 0.3) is 6.08 Å². The van der Waals surface area contributed by atoms with Gasteiger partial charge in [0, 0.05) is 0 Å². The van der Waals surface area contributed by atoms with Gasteiger partial charge in [-0.2, -0.15) is 0 Å².